The van der Waals surface area contributed by atoms with E-state index < -0.39 is 0 Å². The first kappa shape index (κ1) is 11.8. The number of anilines is 1. The molecule has 0 radical (unpaired) electrons. The predicted octanol–water partition coefficient (Wildman–Crippen LogP) is 1.82. The number of hydrogen-bond acceptors (Lipinski definition) is 4. The highest BCUT2D eigenvalue weighted by molar-refractivity contribution is 7.10. The van der Waals surface area contributed by atoms with Crippen LogP contribution < -0.4 is 5.32 Å². The summed E-state index contributed by atoms with van der Waals surface area (Å²) in [5.74, 6) is 0.369. The Bertz CT molecular complexity index is 497. The third-order valence-corrected chi connectivity index (χ3v) is 3.07. The molecule has 2 aromatic heterocycles. The van der Waals surface area contributed by atoms with E-state index in [-0.39, 0.29) is 12.5 Å². The first-order valence-electron chi connectivity index (χ1n) is 5.16. The first-order chi connectivity index (χ1) is 8.28. The fourth-order valence-electron chi connectivity index (χ4n) is 1.40. The lowest BCUT2D eigenvalue weighted by Crippen LogP contribution is -2.14. The lowest BCUT2D eigenvalue weighted by Gasteiger charge is -2.04. The zero-order valence-corrected chi connectivity index (χ0v) is 9.91. The largest absolute Gasteiger partial charge is 0.392 e. The molecule has 2 rings (SSSR count). The van der Waals surface area contributed by atoms with Crippen LogP contribution in [0.2, 0.25) is 0 Å². The summed E-state index contributed by atoms with van der Waals surface area (Å²) in [6, 6.07) is 7.20. The van der Waals surface area contributed by atoms with Crippen LogP contribution in [0.15, 0.2) is 35.8 Å². The average Bonchev–Trinajstić information content (AvgIpc) is 2.82. The fourth-order valence-corrected chi connectivity index (χ4v) is 2.10. The van der Waals surface area contributed by atoms with Gasteiger partial charge in [0.25, 0.3) is 0 Å². The molecule has 2 aromatic rings. The van der Waals surface area contributed by atoms with Crippen LogP contribution in [0.1, 0.15) is 10.4 Å². The molecule has 17 heavy (non-hydrogen) atoms. The zero-order chi connectivity index (χ0) is 12.1. The van der Waals surface area contributed by atoms with Gasteiger partial charge in [-0.15, -0.1) is 11.3 Å². The molecule has 5 heteroatoms. The second kappa shape index (κ2) is 5.56. The number of aliphatic hydroxyl groups excluding tert-OH is 1. The van der Waals surface area contributed by atoms with E-state index in [1.807, 2.05) is 17.5 Å². The molecule has 4 nitrogen and oxygen atoms in total. The molecule has 0 fully saturated rings. The van der Waals surface area contributed by atoms with Gasteiger partial charge in [0.05, 0.1) is 13.0 Å². The number of nitrogens with zero attached hydrogens (tertiary/aromatic N) is 1. The molecule has 0 aliphatic heterocycles. The average molecular weight is 248 g/mol. The monoisotopic (exact) mass is 248 g/mol. The van der Waals surface area contributed by atoms with Crippen molar-refractivity contribution in [2.24, 2.45) is 0 Å². The molecule has 0 aromatic carbocycles. The Morgan fingerprint density at radius 2 is 2.35 bits per heavy atom. The SMILES string of the molecule is O=C(Cc1cccs1)Nc1cc(CO)ccn1. The Labute approximate surface area is 103 Å². The van der Waals surface area contributed by atoms with E-state index in [0.29, 0.717) is 12.2 Å². The molecule has 0 aliphatic rings. The maximum absolute atomic E-state index is 11.7. The summed E-state index contributed by atoms with van der Waals surface area (Å²) in [7, 11) is 0. The molecule has 1 amide bonds. The van der Waals surface area contributed by atoms with Crippen molar-refractivity contribution in [1.29, 1.82) is 0 Å². The zero-order valence-electron chi connectivity index (χ0n) is 9.09. The molecule has 2 N–H and O–H groups in total. The second-order valence-corrected chi connectivity index (χ2v) is 4.54. The maximum atomic E-state index is 11.7. The van der Waals surface area contributed by atoms with Gasteiger partial charge in [-0.2, -0.15) is 0 Å². The number of aromatic nitrogens is 1. The molecule has 0 spiro atoms. The van der Waals surface area contributed by atoms with Crippen LogP contribution in [0.5, 0.6) is 0 Å². The summed E-state index contributed by atoms with van der Waals surface area (Å²) in [4.78, 5) is 16.7. The summed E-state index contributed by atoms with van der Waals surface area (Å²) < 4.78 is 0. The van der Waals surface area contributed by atoms with Gasteiger partial charge in [-0.05, 0) is 29.1 Å². The number of amides is 1. The van der Waals surface area contributed by atoms with Crippen LogP contribution in [-0.2, 0) is 17.8 Å². The van der Waals surface area contributed by atoms with E-state index >= 15 is 0 Å². The number of thiophene rings is 1. The van der Waals surface area contributed by atoms with Gasteiger partial charge in [-0.1, -0.05) is 6.07 Å². The van der Waals surface area contributed by atoms with Crippen molar-refractivity contribution in [1.82, 2.24) is 4.98 Å². The van der Waals surface area contributed by atoms with Gasteiger partial charge in [0.1, 0.15) is 5.82 Å². The van der Waals surface area contributed by atoms with Gasteiger partial charge < -0.3 is 10.4 Å². The van der Waals surface area contributed by atoms with E-state index in [1.165, 1.54) is 0 Å². The normalized spacial score (nSPS) is 10.2. The highest BCUT2D eigenvalue weighted by Crippen LogP contribution is 2.11. The van der Waals surface area contributed by atoms with Crippen LogP contribution in [0.4, 0.5) is 5.82 Å². The van der Waals surface area contributed by atoms with Gasteiger partial charge in [0, 0.05) is 11.1 Å². The molecular formula is C12H12N2O2S. The molecule has 0 atom stereocenters. The molecule has 0 bridgehead atoms. The Morgan fingerprint density at radius 3 is 3.06 bits per heavy atom. The number of pyridine rings is 1. The number of carbonyl (C=O) groups is 1. The van der Waals surface area contributed by atoms with Crippen molar-refractivity contribution in [2.75, 3.05) is 5.32 Å². The number of aliphatic hydroxyl groups is 1. The topological polar surface area (TPSA) is 62.2 Å². The number of rotatable bonds is 4. The second-order valence-electron chi connectivity index (χ2n) is 3.51. The third kappa shape index (κ3) is 3.37. The Hall–Kier alpha value is -1.72. The van der Waals surface area contributed by atoms with Gasteiger partial charge in [-0.25, -0.2) is 4.98 Å². The fraction of sp³-hybridized carbons (Fsp3) is 0.167. The molecule has 0 saturated carbocycles. The molecular weight excluding hydrogens is 236 g/mol. The van der Waals surface area contributed by atoms with Crippen LogP contribution in [0.25, 0.3) is 0 Å². The number of nitrogens with one attached hydrogen (secondary N) is 1. The van der Waals surface area contributed by atoms with Gasteiger partial charge >= 0.3 is 0 Å². The lowest BCUT2D eigenvalue weighted by molar-refractivity contribution is -0.115. The summed E-state index contributed by atoms with van der Waals surface area (Å²) in [6.45, 7) is -0.0592. The molecule has 88 valence electrons. The number of carbonyl (C=O) groups excluding carboxylic acids is 1. The van der Waals surface area contributed by atoms with Crippen molar-refractivity contribution in [3.8, 4) is 0 Å². The van der Waals surface area contributed by atoms with E-state index in [9.17, 15) is 4.79 Å². The summed E-state index contributed by atoms with van der Waals surface area (Å²) >= 11 is 1.55. The first-order valence-corrected chi connectivity index (χ1v) is 6.04. The molecule has 0 saturated heterocycles. The van der Waals surface area contributed by atoms with Crippen molar-refractivity contribution in [3.05, 3.63) is 46.3 Å². The van der Waals surface area contributed by atoms with Crippen LogP contribution in [0, 0.1) is 0 Å². The summed E-state index contributed by atoms with van der Waals surface area (Å²) in [5.41, 5.74) is 0.728. The van der Waals surface area contributed by atoms with E-state index in [2.05, 4.69) is 10.3 Å². The molecule has 2 heterocycles. The quantitative estimate of drug-likeness (QED) is 0.867. The van der Waals surface area contributed by atoms with Gasteiger partial charge in [-0.3, -0.25) is 4.79 Å². The van der Waals surface area contributed by atoms with E-state index in [1.54, 1.807) is 29.7 Å². The predicted molar refractivity (Wildman–Crippen MR) is 66.8 cm³/mol. The Morgan fingerprint density at radius 1 is 1.47 bits per heavy atom. The van der Waals surface area contributed by atoms with Gasteiger partial charge in [0.15, 0.2) is 0 Å². The Kier molecular flexibility index (Phi) is 3.85. The summed E-state index contributed by atoms with van der Waals surface area (Å²) in [6.07, 6.45) is 1.91. The minimum atomic E-state index is -0.102. The van der Waals surface area contributed by atoms with E-state index in [0.717, 1.165) is 10.4 Å². The van der Waals surface area contributed by atoms with E-state index in [4.69, 9.17) is 5.11 Å². The van der Waals surface area contributed by atoms with Crippen molar-refractivity contribution < 1.29 is 9.90 Å². The highest BCUT2D eigenvalue weighted by atomic mass is 32.1. The van der Waals surface area contributed by atoms with Crippen molar-refractivity contribution in [3.63, 3.8) is 0 Å². The van der Waals surface area contributed by atoms with Crippen molar-refractivity contribution in [2.45, 2.75) is 13.0 Å². The standard InChI is InChI=1S/C12H12N2O2S/c15-8-9-3-4-13-11(6-9)14-12(16)7-10-2-1-5-17-10/h1-6,15H,7-8H2,(H,13,14,16). The minimum absolute atomic E-state index is 0.0592. The van der Waals surface area contributed by atoms with Crippen molar-refractivity contribution >= 4 is 23.1 Å². The van der Waals surface area contributed by atoms with Crippen LogP contribution >= 0.6 is 11.3 Å². The Balaban J connectivity index is 1.98. The van der Waals surface area contributed by atoms with Gasteiger partial charge in [0.2, 0.25) is 5.91 Å². The lowest BCUT2D eigenvalue weighted by atomic mass is 10.2. The number of hydrogen-bond donors (Lipinski definition) is 2. The maximum Gasteiger partial charge on any atom is 0.230 e. The minimum Gasteiger partial charge on any atom is -0.392 e. The molecule has 0 unspecified atom stereocenters. The molecule has 0 aliphatic carbocycles. The summed E-state index contributed by atoms with van der Waals surface area (Å²) in [5, 5.41) is 13.6. The third-order valence-electron chi connectivity index (χ3n) is 2.19. The highest BCUT2D eigenvalue weighted by Gasteiger charge is 2.05. The smallest absolute Gasteiger partial charge is 0.230 e. The van der Waals surface area contributed by atoms with Crippen LogP contribution in [-0.4, -0.2) is 16.0 Å². The van der Waals surface area contributed by atoms with Crippen LogP contribution in [0.3, 0.4) is 0 Å².